The van der Waals surface area contributed by atoms with Gasteiger partial charge in [-0.25, -0.2) is 0 Å². The first-order chi connectivity index (χ1) is 6.61. The summed E-state index contributed by atoms with van der Waals surface area (Å²) in [4.78, 5) is 10.6. The van der Waals surface area contributed by atoms with Gasteiger partial charge in [-0.05, 0) is 19.4 Å². The summed E-state index contributed by atoms with van der Waals surface area (Å²) < 4.78 is 0. The van der Waals surface area contributed by atoms with Crippen LogP contribution in [-0.2, 0) is 4.79 Å². The molecule has 3 nitrogen and oxygen atoms in total. The van der Waals surface area contributed by atoms with E-state index in [4.69, 9.17) is 5.11 Å². The van der Waals surface area contributed by atoms with Crippen LogP contribution in [0.4, 0.5) is 0 Å². The Labute approximate surface area is 83.8 Å². The molecule has 2 N–H and O–H groups in total. The Hall–Kier alpha value is -1.35. The number of hydrogen-bond acceptors (Lipinski definition) is 2. The molecule has 0 radical (unpaired) electrons. The Bertz CT molecular complexity index is 297. The summed E-state index contributed by atoms with van der Waals surface area (Å²) in [6, 6.07) is 9.32. The molecular formula is C11H15NO2. The van der Waals surface area contributed by atoms with Gasteiger partial charge in [-0.2, -0.15) is 0 Å². The van der Waals surface area contributed by atoms with Gasteiger partial charge in [0.15, 0.2) is 0 Å². The Morgan fingerprint density at radius 1 is 1.29 bits per heavy atom. The third-order valence-electron chi connectivity index (χ3n) is 2.17. The third-order valence-corrected chi connectivity index (χ3v) is 2.17. The van der Waals surface area contributed by atoms with Crippen LogP contribution in [0.15, 0.2) is 30.3 Å². The van der Waals surface area contributed by atoms with Gasteiger partial charge in [-0.15, -0.1) is 0 Å². The summed E-state index contributed by atoms with van der Waals surface area (Å²) in [6.45, 7) is 3.59. The summed E-state index contributed by atoms with van der Waals surface area (Å²) in [6.07, 6.45) is 0. The van der Waals surface area contributed by atoms with Crippen molar-refractivity contribution in [2.45, 2.75) is 25.9 Å². The number of hydrogen-bond donors (Lipinski definition) is 2. The highest BCUT2D eigenvalue weighted by atomic mass is 16.4. The molecule has 3 heteroatoms. The Kier molecular flexibility index (Phi) is 3.65. The van der Waals surface area contributed by atoms with Gasteiger partial charge in [0.05, 0.1) is 0 Å². The standard InChI is InChI=1S/C11H15NO2/c1-8(12-9(2)11(13)14)10-6-4-3-5-7-10/h3-9,12H,1-2H3,(H,13,14)/t8-,9+/m0/s1. The first-order valence-corrected chi connectivity index (χ1v) is 4.65. The van der Waals surface area contributed by atoms with Gasteiger partial charge in [-0.3, -0.25) is 10.1 Å². The molecule has 0 spiro atoms. The molecular weight excluding hydrogens is 178 g/mol. The molecule has 1 aromatic rings. The van der Waals surface area contributed by atoms with Crippen molar-refractivity contribution in [3.05, 3.63) is 35.9 Å². The molecule has 0 heterocycles. The fraction of sp³-hybridized carbons (Fsp3) is 0.364. The van der Waals surface area contributed by atoms with Gasteiger partial charge in [0, 0.05) is 6.04 Å². The van der Waals surface area contributed by atoms with Crippen molar-refractivity contribution in [3.63, 3.8) is 0 Å². The smallest absolute Gasteiger partial charge is 0.320 e. The van der Waals surface area contributed by atoms with Crippen LogP contribution in [0.2, 0.25) is 0 Å². The number of carboxylic acids is 1. The van der Waals surface area contributed by atoms with E-state index in [-0.39, 0.29) is 6.04 Å². The highest BCUT2D eigenvalue weighted by Gasteiger charge is 2.14. The second-order valence-electron chi connectivity index (χ2n) is 3.36. The zero-order valence-corrected chi connectivity index (χ0v) is 8.40. The van der Waals surface area contributed by atoms with Gasteiger partial charge in [0.2, 0.25) is 0 Å². The van der Waals surface area contributed by atoms with Crippen LogP contribution in [-0.4, -0.2) is 17.1 Å². The normalized spacial score (nSPS) is 14.7. The maximum absolute atomic E-state index is 10.6. The van der Waals surface area contributed by atoms with Crippen molar-refractivity contribution >= 4 is 5.97 Å². The molecule has 0 amide bonds. The van der Waals surface area contributed by atoms with E-state index in [9.17, 15) is 4.79 Å². The molecule has 0 fully saturated rings. The van der Waals surface area contributed by atoms with E-state index in [1.54, 1.807) is 6.92 Å². The van der Waals surface area contributed by atoms with Crippen molar-refractivity contribution in [2.75, 3.05) is 0 Å². The predicted octanol–water partition coefficient (Wildman–Crippen LogP) is 1.81. The lowest BCUT2D eigenvalue weighted by molar-refractivity contribution is -0.139. The molecule has 0 saturated heterocycles. The first-order valence-electron chi connectivity index (χ1n) is 4.65. The van der Waals surface area contributed by atoms with Crippen molar-refractivity contribution < 1.29 is 9.90 Å². The summed E-state index contributed by atoms with van der Waals surface area (Å²) in [5.41, 5.74) is 1.10. The summed E-state index contributed by atoms with van der Waals surface area (Å²) in [5, 5.41) is 11.7. The molecule has 0 saturated carbocycles. The number of carbonyl (C=O) groups is 1. The van der Waals surface area contributed by atoms with E-state index in [2.05, 4.69) is 5.32 Å². The Morgan fingerprint density at radius 3 is 2.36 bits per heavy atom. The molecule has 0 unspecified atom stereocenters. The average Bonchev–Trinajstić information content (AvgIpc) is 2.19. The Balaban J connectivity index is 2.59. The fourth-order valence-electron chi connectivity index (χ4n) is 1.28. The van der Waals surface area contributed by atoms with Crippen LogP contribution < -0.4 is 5.32 Å². The molecule has 1 rings (SSSR count). The molecule has 0 bridgehead atoms. The van der Waals surface area contributed by atoms with E-state index < -0.39 is 12.0 Å². The number of aliphatic carboxylic acids is 1. The van der Waals surface area contributed by atoms with Crippen LogP contribution in [0.3, 0.4) is 0 Å². The highest BCUT2D eigenvalue weighted by molar-refractivity contribution is 5.72. The molecule has 0 aromatic heterocycles. The zero-order valence-electron chi connectivity index (χ0n) is 8.40. The van der Waals surface area contributed by atoms with Crippen molar-refractivity contribution in [3.8, 4) is 0 Å². The minimum atomic E-state index is -0.826. The second-order valence-corrected chi connectivity index (χ2v) is 3.36. The van der Waals surface area contributed by atoms with Crippen LogP contribution in [0, 0.1) is 0 Å². The third kappa shape index (κ3) is 2.85. The van der Waals surface area contributed by atoms with Crippen LogP contribution in [0.5, 0.6) is 0 Å². The highest BCUT2D eigenvalue weighted by Crippen LogP contribution is 2.11. The molecule has 2 atom stereocenters. The van der Waals surface area contributed by atoms with E-state index >= 15 is 0 Å². The fourth-order valence-corrected chi connectivity index (χ4v) is 1.28. The molecule has 0 aliphatic carbocycles. The van der Waals surface area contributed by atoms with Gasteiger partial charge in [0.1, 0.15) is 6.04 Å². The number of nitrogens with one attached hydrogen (secondary N) is 1. The topological polar surface area (TPSA) is 49.3 Å². The van der Waals surface area contributed by atoms with Gasteiger partial charge in [0.25, 0.3) is 0 Å². The maximum Gasteiger partial charge on any atom is 0.320 e. The van der Waals surface area contributed by atoms with Crippen molar-refractivity contribution in [1.29, 1.82) is 0 Å². The lowest BCUT2D eigenvalue weighted by atomic mass is 10.1. The molecule has 14 heavy (non-hydrogen) atoms. The van der Waals surface area contributed by atoms with Gasteiger partial charge < -0.3 is 5.11 Å². The van der Waals surface area contributed by atoms with Crippen molar-refractivity contribution in [1.82, 2.24) is 5.32 Å². The zero-order chi connectivity index (χ0) is 10.6. The SMILES string of the molecule is C[C@H](N[C@H](C)C(=O)O)c1ccccc1. The van der Waals surface area contributed by atoms with E-state index in [1.165, 1.54) is 0 Å². The number of carboxylic acid groups (broad SMARTS) is 1. The van der Waals surface area contributed by atoms with Gasteiger partial charge >= 0.3 is 5.97 Å². The van der Waals surface area contributed by atoms with Gasteiger partial charge in [-0.1, -0.05) is 30.3 Å². The summed E-state index contributed by atoms with van der Waals surface area (Å²) in [5.74, 6) is -0.826. The second kappa shape index (κ2) is 4.77. The lowest BCUT2D eigenvalue weighted by Gasteiger charge is -2.17. The minimum Gasteiger partial charge on any atom is -0.480 e. The quantitative estimate of drug-likeness (QED) is 0.766. The summed E-state index contributed by atoms with van der Waals surface area (Å²) >= 11 is 0. The largest absolute Gasteiger partial charge is 0.480 e. The lowest BCUT2D eigenvalue weighted by Crippen LogP contribution is -2.35. The minimum absolute atomic E-state index is 0.0577. The predicted molar refractivity (Wildman–Crippen MR) is 55.1 cm³/mol. The van der Waals surface area contributed by atoms with E-state index in [0.717, 1.165) is 5.56 Å². The summed E-state index contributed by atoms with van der Waals surface area (Å²) in [7, 11) is 0. The molecule has 1 aromatic carbocycles. The van der Waals surface area contributed by atoms with E-state index in [1.807, 2.05) is 37.3 Å². The number of rotatable bonds is 4. The van der Waals surface area contributed by atoms with Crippen LogP contribution in [0.1, 0.15) is 25.5 Å². The van der Waals surface area contributed by atoms with E-state index in [0.29, 0.717) is 0 Å². The van der Waals surface area contributed by atoms with Crippen molar-refractivity contribution in [2.24, 2.45) is 0 Å². The average molecular weight is 193 g/mol. The monoisotopic (exact) mass is 193 g/mol. The molecule has 0 aliphatic rings. The molecule has 0 aliphatic heterocycles. The van der Waals surface area contributed by atoms with Crippen LogP contribution in [0.25, 0.3) is 0 Å². The maximum atomic E-state index is 10.6. The number of benzene rings is 1. The Morgan fingerprint density at radius 2 is 1.86 bits per heavy atom. The van der Waals surface area contributed by atoms with Crippen LogP contribution >= 0.6 is 0 Å². The molecule has 76 valence electrons. The first kappa shape index (κ1) is 10.7.